The number of benzene rings is 2. The molecule has 1 fully saturated rings. The minimum absolute atomic E-state index is 0.211. The Balaban J connectivity index is 1.80. The lowest BCUT2D eigenvalue weighted by atomic mass is 10.1. The number of rotatable bonds is 6. The van der Waals surface area contributed by atoms with Gasteiger partial charge in [0.05, 0.1) is 6.61 Å². The van der Waals surface area contributed by atoms with Crippen LogP contribution in [0.25, 0.3) is 0 Å². The van der Waals surface area contributed by atoms with Crippen molar-refractivity contribution in [1.82, 2.24) is 4.31 Å². The molecule has 1 saturated heterocycles. The molecule has 0 N–H and O–H groups in total. The van der Waals surface area contributed by atoms with Crippen molar-refractivity contribution in [3.8, 4) is 5.75 Å². The maximum Gasteiger partial charge on any atom is 0.246 e. The third kappa shape index (κ3) is 4.48. The van der Waals surface area contributed by atoms with Crippen molar-refractivity contribution in [3.05, 3.63) is 51.5 Å². The van der Waals surface area contributed by atoms with Gasteiger partial charge in [-0.2, -0.15) is 4.31 Å². The van der Waals surface area contributed by atoms with E-state index in [1.54, 1.807) is 18.2 Å². The van der Waals surface area contributed by atoms with Crippen LogP contribution >= 0.6 is 27.5 Å². The van der Waals surface area contributed by atoms with E-state index in [0.717, 1.165) is 22.7 Å². The Hall–Kier alpha value is -1.28. The van der Waals surface area contributed by atoms with E-state index in [0.29, 0.717) is 43.0 Å². The van der Waals surface area contributed by atoms with Crippen LogP contribution in [0.5, 0.6) is 5.75 Å². The van der Waals surface area contributed by atoms with Crippen molar-refractivity contribution in [2.24, 2.45) is 0 Å². The van der Waals surface area contributed by atoms with Crippen LogP contribution in [-0.4, -0.2) is 45.5 Å². The monoisotopic (exact) mass is 486 g/mol. The fraction of sp³-hybridized carbons (Fsp3) is 0.400. The fourth-order valence-corrected chi connectivity index (χ4v) is 5.52. The van der Waals surface area contributed by atoms with Crippen LogP contribution in [0.1, 0.15) is 18.9 Å². The van der Waals surface area contributed by atoms with E-state index < -0.39 is 10.0 Å². The summed E-state index contributed by atoms with van der Waals surface area (Å²) in [5, 5.41) is 0.722. The Bertz CT molecular complexity index is 944. The highest BCUT2D eigenvalue weighted by Crippen LogP contribution is 2.32. The molecule has 0 saturated carbocycles. The van der Waals surface area contributed by atoms with Crippen LogP contribution in [0.4, 0.5) is 5.69 Å². The number of halogens is 2. The molecule has 2 aromatic rings. The first-order valence-electron chi connectivity index (χ1n) is 9.27. The van der Waals surface area contributed by atoms with Crippen LogP contribution in [0.3, 0.4) is 0 Å². The summed E-state index contributed by atoms with van der Waals surface area (Å²) in [4.78, 5) is 2.39. The Morgan fingerprint density at radius 3 is 2.54 bits per heavy atom. The zero-order valence-electron chi connectivity index (χ0n) is 16.0. The van der Waals surface area contributed by atoms with E-state index in [9.17, 15) is 8.42 Å². The first-order chi connectivity index (χ1) is 13.3. The van der Waals surface area contributed by atoms with Gasteiger partial charge >= 0.3 is 0 Å². The van der Waals surface area contributed by atoms with Gasteiger partial charge in [-0.25, -0.2) is 8.42 Å². The topological polar surface area (TPSA) is 49.9 Å². The van der Waals surface area contributed by atoms with Gasteiger partial charge in [-0.05, 0) is 49.2 Å². The molecule has 2 aromatic carbocycles. The molecule has 0 aromatic heterocycles. The van der Waals surface area contributed by atoms with Gasteiger partial charge in [0, 0.05) is 41.4 Å². The Morgan fingerprint density at radius 1 is 1.14 bits per heavy atom. The van der Waals surface area contributed by atoms with Crippen molar-refractivity contribution in [2.75, 3.05) is 37.7 Å². The minimum atomic E-state index is -3.64. The Labute approximate surface area is 180 Å². The highest BCUT2D eigenvalue weighted by molar-refractivity contribution is 9.10. The summed E-state index contributed by atoms with van der Waals surface area (Å²) < 4.78 is 34.5. The van der Waals surface area contributed by atoms with Gasteiger partial charge in [-0.15, -0.1) is 0 Å². The molecule has 0 unspecified atom stereocenters. The average Bonchev–Trinajstić information content (AvgIpc) is 2.69. The SMILES string of the molecule is CCCOc1ccc(Br)cc1S(=O)(=O)N1CCN(c2cccc(Cl)c2C)CC1. The summed E-state index contributed by atoms with van der Waals surface area (Å²) >= 11 is 9.61. The van der Waals surface area contributed by atoms with Gasteiger partial charge in [-0.3, -0.25) is 0 Å². The molecule has 0 spiro atoms. The summed E-state index contributed by atoms with van der Waals surface area (Å²) in [6.07, 6.45) is 0.813. The summed E-state index contributed by atoms with van der Waals surface area (Å²) in [6, 6.07) is 10.9. The third-order valence-corrected chi connectivity index (χ3v) is 7.63. The predicted molar refractivity (Wildman–Crippen MR) is 117 cm³/mol. The molecule has 28 heavy (non-hydrogen) atoms. The quantitative estimate of drug-likeness (QED) is 0.592. The summed E-state index contributed by atoms with van der Waals surface area (Å²) in [5.74, 6) is 0.401. The zero-order chi connectivity index (χ0) is 20.3. The van der Waals surface area contributed by atoms with Gasteiger partial charge < -0.3 is 9.64 Å². The molecule has 1 aliphatic heterocycles. The number of nitrogens with zero attached hydrogens (tertiary/aromatic N) is 2. The second-order valence-corrected chi connectivity index (χ2v) is 9.94. The lowest BCUT2D eigenvalue weighted by Crippen LogP contribution is -2.48. The van der Waals surface area contributed by atoms with Crippen molar-refractivity contribution < 1.29 is 13.2 Å². The third-order valence-electron chi connectivity index (χ3n) is 4.80. The standard InChI is InChI=1S/C20H24BrClN2O3S/c1-3-13-27-19-8-7-16(21)14-20(19)28(25,26)24-11-9-23(10-12-24)18-6-4-5-17(22)15(18)2/h4-8,14H,3,9-13H2,1-2H3. The van der Waals surface area contributed by atoms with Crippen molar-refractivity contribution in [1.29, 1.82) is 0 Å². The van der Waals surface area contributed by atoms with E-state index in [-0.39, 0.29) is 4.90 Å². The molecule has 0 amide bonds. The minimum Gasteiger partial charge on any atom is -0.492 e. The molecule has 0 atom stereocenters. The number of ether oxygens (including phenoxy) is 1. The Morgan fingerprint density at radius 2 is 1.86 bits per heavy atom. The van der Waals surface area contributed by atoms with E-state index in [1.807, 2.05) is 32.0 Å². The highest BCUT2D eigenvalue weighted by Gasteiger charge is 2.31. The summed E-state index contributed by atoms with van der Waals surface area (Å²) in [7, 11) is -3.64. The molecular weight excluding hydrogens is 464 g/mol. The van der Waals surface area contributed by atoms with Gasteiger partial charge in [-0.1, -0.05) is 40.5 Å². The molecule has 0 radical (unpaired) electrons. The number of piperazine rings is 1. The van der Waals surface area contributed by atoms with Gasteiger partial charge in [0.25, 0.3) is 0 Å². The molecule has 0 bridgehead atoms. The van der Waals surface area contributed by atoms with Crippen LogP contribution < -0.4 is 9.64 Å². The number of anilines is 1. The molecule has 0 aliphatic carbocycles. The van der Waals surface area contributed by atoms with E-state index in [4.69, 9.17) is 16.3 Å². The normalized spacial score (nSPS) is 15.6. The number of hydrogen-bond donors (Lipinski definition) is 0. The average molecular weight is 488 g/mol. The van der Waals surface area contributed by atoms with Crippen LogP contribution in [0, 0.1) is 6.92 Å². The Kier molecular flexibility index (Phi) is 6.91. The van der Waals surface area contributed by atoms with E-state index in [2.05, 4.69) is 20.8 Å². The number of sulfonamides is 1. The van der Waals surface area contributed by atoms with Crippen molar-refractivity contribution in [3.63, 3.8) is 0 Å². The molecular formula is C20H24BrClN2O3S. The van der Waals surface area contributed by atoms with Gasteiger partial charge in [0.2, 0.25) is 10.0 Å². The molecule has 1 aliphatic rings. The molecule has 1 heterocycles. The first-order valence-corrected chi connectivity index (χ1v) is 11.9. The maximum atomic E-state index is 13.3. The second-order valence-electron chi connectivity index (χ2n) is 6.71. The van der Waals surface area contributed by atoms with Gasteiger partial charge in [0.1, 0.15) is 10.6 Å². The molecule has 8 heteroatoms. The summed E-state index contributed by atoms with van der Waals surface area (Å²) in [6.45, 7) is 6.50. The van der Waals surface area contributed by atoms with Gasteiger partial charge in [0.15, 0.2) is 0 Å². The van der Waals surface area contributed by atoms with E-state index in [1.165, 1.54) is 4.31 Å². The van der Waals surface area contributed by atoms with E-state index >= 15 is 0 Å². The largest absolute Gasteiger partial charge is 0.492 e. The fourth-order valence-electron chi connectivity index (χ4n) is 3.26. The smallest absolute Gasteiger partial charge is 0.246 e. The van der Waals surface area contributed by atoms with Crippen LogP contribution in [0.15, 0.2) is 45.8 Å². The van der Waals surface area contributed by atoms with Crippen molar-refractivity contribution >= 4 is 43.2 Å². The lowest BCUT2D eigenvalue weighted by Gasteiger charge is -2.36. The summed E-state index contributed by atoms with van der Waals surface area (Å²) in [5.41, 5.74) is 2.07. The molecule has 3 rings (SSSR count). The second kappa shape index (κ2) is 9.03. The zero-order valence-corrected chi connectivity index (χ0v) is 19.1. The van der Waals surface area contributed by atoms with Crippen molar-refractivity contribution in [2.45, 2.75) is 25.2 Å². The first kappa shape index (κ1) is 21.4. The molecule has 5 nitrogen and oxygen atoms in total. The van der Waals surface area contributed by atoms with Crippen LogP contribution in [0.2, 0.25) is 5.02 Å². The molecule has 152 valence electrons. The highest BCUT2D eigenvalue weighted by atomic mass is 79.9. The predicted octanol–water partition coefficient (Wildman–Crippen LogP) is 4.71. The maximum absolute atomic E-state index is 13.3. The lowest BCUT2D eigenvalue weighted by molar-refractivity contribution is 0.307. The van der Waals surface area contributed by atoms with Crippen LogP contribution in [-0.2, 0) is 10.0 Å². The number of hydrogen-bond acceptors (Lipinski definition) is 4.